The van der Waals surface area contributed by atoms with E-state index in [2.05, 4.69) is 9.97 Å². The SMILES string of the molecule is COCC(=O)N1CCC(c2nc(C)cc(N3CCOC3=O)n2)CC1. The van der Waals surface area contributed by atoms with E-state index < -0.39 is 0 Å². The maximum absolute atomic E-state index is 11.9. The van der Waals surface area contributed by atoms with Crippen molar-refractivity contribution in [1.82, 2.24) is 14.9 Å². The van der Waals surface area contributed by atoms with Gasteiger partial charge in [0.05, 0.1) is 6.54 Å². The number of likely N-dealkylation sites (tertiary alicyclic amines) is 1. The first kappa shape index (κ1) is 16.6. The largest absolute Gasteiger partial charge is 0.447 e. The van der Waals surface area contributed by atoms with Crippen molar-refractivity contribution in [2.45, 2.75) is 25.7 Å². The Kier molecular flexibility index (Phi) is 4.94. The topological polar surface area (TPSA) is 84.9 Å². The van der Waals surface area contributed by atoms with Crippen LogP contribution in [0.25, 0.3) is 0 Å². The van der Waals surface area contributed by atoms with Crippen LogP contribution in [0.5, 0.6) is 0 Å². The first-order chi connectivity index (χ1) is 11.6. The number of amides is 2. The van der Waals surface area contributed by atoms with Crippen molar-refractivity contribution in [2.75, 3.05) is 44.9 Å². The van der Waals surface area contributed by atoms with Gasteiger partial charge in [-0.3, -0.25) is 9.69 Å². The van der Waals surface area contributed by atoms with Gasteiger partial charge in [0.25, 0.3) is 0 Å². The number of ether oxygens (including phenoxy) is 2. The van der Waals surface area contributed by atoms with Gasteiger partial charge >= 0.3 is 6.09 Å². The molecule has 2 fully saturated rings. The van der Waals surface area contributed by atoms with Gasteiger partial charge in [-0.15, -0.1) is 0 Å². The molecule has 24 heavy (non-hydrogen) atoms. The number of hydrogen-bond donors (Lipinski definition) is 0. The highest BCUT2D eigenvalue weighted by atomic mass is 16.6. The molecule has 0 atom stereocenters. The molecule has 2 aliphatic rings. The summed E-state index contributed by atoms with van der Waals surface area (Å²) in [5, 5.41) is 0. The number of aryl methyl sites for hydroxylation is 1. The summed E-state index contributed by atoms with van der Waals surface area (Å²) in [5.74, 6) is 1.54. The highest BCUT2D eigenvalue weighted by Gasteiger charge is 2.29. The summed E-state index contributed by atoms with van der Waals surface area (Å²) >= 11 is 0. The fraction of sp³-hybridized carbons (Fsp3) is 0.625. The normalized spacial score (nSPS) is 18.8. The Hall–Kier alpha value is -2.22. The van der Waals surface area contributed by atoms with Crippen molar-refractivity contribution >= 4 is 17.8 Å². The van der Waals surface area contributed by atoms with Crippen LogP contribution < -0.4 is 4.90 Å². The Morgan fingerprint density at radius 1 is 1.33 bits per heavy atom. The van der Waals surface area contributed by atoms with Crippen LogP contribution in [0.2, 0.25) is 0 Å². The summed E-state index contributed by atoms with van der Waals surface area (Å²) in [5.41, 5.74) is 0.826. The molecule has 1 aromatic rings. The number of hydrogen-bond acceptors (Lipinski definition) is 6. The molecule has 3 rings (SSSR count). The predicted molar refractivity (Wildman–Crippen MR) is 85.9 cm³/mol. The molecular formula is C16H22N4O4. The van der Waals surface area contributed by atoms with Gasteiger partial charge in [0.1, 0.15) is 24.9 Å². The van der Waals surface area contributed by atoms with Gasteiger partial charge in [0.15, 0.2) is 0 Å². The van der Waals surface area contributed by atoms with Crippen LogP contribution in [0.3, 0.4) is 0 Å². The predicted octanol–water partition coefficient (Wildman–Crippen LogP) is 1.09. The maximum atomic E-state index is 11.9. The van der Waals surface area contributed by atoms with E-state index in [0.717, 1.165) is 24.4 Å². The highest BCUT2D eigenvalue weighted by Crippen LogP contribution is 2.28. The molecular weight excluding hydrogens is 312 g/mol. The Balaban J connectivity index is 1.70. The molecule has 3 heterocycles. The molecule has 0 aromatic carbocycles. The van der Waals surface area contributed by atoms with E-state index in [-0.39, 0.29) is 24.5 Å². The van der Waals surface area contributed by atoms with Crippen molar-refractivity contribution in [3.63, 3.8) is 0 Å². The monoisotopic (exact) mass is 334 g/mol. The van der Waals surface area contributed by atoms with E-state index in [1.54, 1.807) is 6.07 Å². The average Bonchev–Trinajstić information content (AvgIpc) is 3.01. The van der Waals surface area contributed by atoms with E-state index in [1.165, 1.54) is 12.0 Å². The minimum absolute atomic E-state index is 0.0154. The zero-order valence-corrected chi connectivity index (χ0v) is 14.0. The fourth-order valence-corrected chi connectivity index (χ4v) is 3.10. The lowest BCUT2D eigenvalue weighted by molar-refractivity contribution is -0.136. The third kappa shape index (κ3) is 3.48. The number of carbonyl (C=O) groups is 2. The zero-order valence-electron chi connectivity index (χ0n) is 14.0. The second kappa shape index (κ2) is 7.12. The summed E-state index contributed by atoms with van der Waals surface area (Å²) in [6.45, 7) is 4.26. The van der Waals surface area contributed by atoms with Gasteiger partial charge < -0.3 is 14.4 Å². The van der Waals surface area contributed by atoms with E-state index >= 15 is 0 Å². The Labute approximate surface area is 140 Å². The third-order valence-electron chi connectivity index (χ3n) is 4.38. The summed E-state index contributed by atoms with van der Waals surface area (Å²) in [6, 6.07) is 1.80. The van der Waals surface area contributed by atoms with E-state index in [9.17, 15) is 9.59 Å². The van der Waals surface area contributed by atoms with Gasteiger partial charge in [-0.1, -0.05) is 0 Å². The molecule has 2 saturated heterocycles. The molecule has 8 heteroatoms. The van der Waals surface area contributed by atoms with Gasteiger partial charge in [-0.05, 0) is 19.8 Å². The molecule has 0 radical (unpaired) electrons. The molecule has 0 unspecified atom stereocenters. The minimum atomic E-state index is -0.362. The summed E-state index contributed by atoms with van der Waals surface area (Å²) in [4.78, 5) is 36.1. The third-order valence-corrected chi connectivity index (χ3v) is 4.38. The molecule has 0 N–H and O–H groups in total. The molecule has 1 aromatic heterocycles. The second-order valence-corrected chi connectivity index (χ2v) is 6.08. The Morgan fingerprint density at radius 3 is 2.71 bits per heavy atom. The van der Waals surface area contributed by atoms with Gasteiger partial charge in [0.2, 0.25) is 5.91 Å². The minimum Gasteiger partial charge on any atom is -0.447 e. The summed E-state index contributed by atoms with van der Waals surface area (Å²) in [7, 11) is 1.52. The van der Waals surface area contributed by atoms with Crippen LogP contribution in [-0.4, -0.2) is 66.8 Å². The van der Waals surface area contributed by atoms with Crippen molar-refractivity contribution in [1.29, 1.82) is 0 Å². The lowest BCUT2D eigenvalue weighted by Gasteiger charge is -2.31. The molecule has 0 spiro atoms. The average molecular weight is 334 g/mol. The van der Waals surface area contributed by atoms with Crippen LogP contribution in [0.15, 0.2) is 6.07 Å². The highest BCUT2D eigenvalue weighted by molar-refractivity contribution is 5.88. The number of anilines is 1. The van der Waals surface area contributed by atoms with E-state index in [1.807, 2.05) is 11.8 Å². The van der Waals surface area contributed by atoms with E-state index in [4.69, 9.17) is 9.47 Å². The lowest BCUT2D eigenvalue weighted by atomic mass is 9.95. The number of piperidine rings is 1. The number of nitrogens with zero attached hydrogens (tertiary/aromatic N) is 4. The number of rotatable bonds is 4. The number of methoxy groups -OCH3 is 1. The molecule has 8 nitrogen and oxygen atoms in total. The van der Waals surface area contributed by atoms with Crippen LogP contribution in [-0.2, 0) is 14.3 Å². The van der Waals surface area contributed by atoms with Crippen LogP contribution in [0.1, 0.15) is 30.3 Å². The standard InChI is InChI=1S/C16H22N4O4/c1-11-9-13(20-7-8-24-16(20)22)18-15(17-11)12-3-5-19(6-4-12)14(21)10-23-2/h9,12H,3-8,10H2,1-2H3. The van der Waals surface area contributed by atoms with Gasteiger partial charge in [-0.25, -0.2) is 14.8 Å². The van der Waals surface area contributed by atoms with Gasteiger partial charge in [-0.2, -0.15) is 0 Å². The molecule has 2 aliphatic heterocycles. The Bertz CT molecular complexity index is 629. The molecule has 130 valence electrons. The number of cyclic esters (lactones) is 1. The first-order valence-corrected chi connectivity index (χ1v) is 8.15. The van der Waals surface area contributed by atoms with Crippen molar-refractivity contribution in [2.24, 2.45) is 0 Å². The molecule has 0 saturated carbocycles. The quantitative estimate of drug-likeness (QED) is 0.819. The van der Waals surface area contributed by atoms with Gasteiger partial charge in [0, 0.05) is 37.9 Å². The fourth-order valence-electron chi connectivity index (χ4n) is 3.10. The molecule has 2 amide bonds. The van der Waals surface area contributed by atoms with E-state index in [0.29, 0.717) is 32.1 Å². The first-order valence-electron chi connectivity index (χ1n) is 8.15. The van der Waals surface area contributed by atoms with Crippen LogP contribution in [0, 0.1) is 6.92 Å². The number of aromatic nitrogens is 2. The summed E-state index contributed by atoms with van der Waals surface area (Å²) in [6.07, 6.45) is 1.25. The van der Waals surface area contributed by atoms with Crippen molar-refractivity contribution in [3.05, 3.63) is 17.6 Å². The van der Waals surface area contributed by atoms with Crippen molar-refractivity contribution in [3.8, 4) is 0 Å². The smallest absolute Gasteiger partial charge is 0.415 e. The summed E-state index contributed by atoms with van der Waals surface area (Å²) < 4.78 is 9.88. The van der Waals surface area contributed by atoms with Crippen LogP contribution >= 0.6 is 0 Å². The zero-order chi connectivity index (χ0) is 17.1. The lowest BCUT2D eigenvalue weighted by Crippen LogP contribution is -2.40. The maximum Gasteiger partial charge on any atom is 0.415 e. The number of carbonyl (C=O) groups excluding carboxylic acids is 2. The molecule has 0 aliphatic carbocycles. The molecule has 0 bridgehead atoms. The van der Waals surface area contributed by atoms with Crippen molar-refractivity contribution < 1.29 is 19.1 Å². The Morgan fingerprint density at radius 2 is 2.08 bits per heavy atom. The van der Waals surface area contributed by atoms with Crippen LogP contribution in [0.4, 0.5) is 10.6 Å². The second-order valence-electron chi connectivity index (χ2n) is 6.08.